The zero-order chi connectivity index (χ0) is 14.8. The second-order valence-electron chi connectivity index (χ2n) is 5.49. The first-order chi connectivity index (χ1) is 9.39. The molecule has 1 aromatic rings. The Kier molecular flexibility index (Phi) is 4.30. The van der Waals surface area contributed by atoms with Crippen LogP contribution in [0.15, 0.2) is 12.1 Å². The number of hydrogen-bond acceptors (Lipinski definition) is 3. The zero-order valence-electron chi connectivity index (χ0n) is 11.4. The number of benzene rings is 1. The predicted octanol–water partition coefficient (Wildman–Crippen LogP) is 4.14. The third-order valence-corrected chi connectivity index (χ3v) is 3.71. The van der Waals surface area contributed by atoms with Gasteiger partial charge in [-0.2, -0.15) is 8.78 Å². The van der Waals surface area contributed by atoms with Crippen LogP contribution in [0.4, 0.5) is 24.5 Å². The molecule has 0 heterocycles. The van der Waals surface area contributed by atoms with Crippen molar-refractivity contribution in [2.75, 3.05) is 11.1 Å². The lowest BCUT2D eigenvalue weighted by molar-refractivity contribution is -0.0521. The maximum Gasteiger partial charge on any atom is 0.387 e. The smallest absolute Gasteiger partial charge is 0.387 e. The van der Waals surface area contributed by atoms with Crippen LogP contribution in [0.1, 0.15) is 39.0 Å². The summed E-state index contributed by atoms with van der Waals surface area (Å²) in [6, 6.07) is 2.21. The normalized spacial score (nSPS) is 18.1. The summed E-state index contributed by atoms with van der Waals surface area (Å²) < 4.78 is 42.1. The predicted molar refractivity (Wildman–Crippen MR) is 72.6 cm³/mol. The van der Waals surface area contributed by atoms with Crippen molar-refractivity contribution in [3.05, 3.63) is 17.9 Å². The highest BCUT2D eigenvalue weighted by molar-refractivity contribution is 5.69. The minimum atomic E-state index is -3.06. The molecule has 3 N–H and O–H groups in total. The summed E-state index contributed by atoms with van der Waals surface area (Å²) in [6.07, 6.45) is 5.33. The number of halogens is 3. The fourth-order valence-electron chi connectivity index (χ4n) is 2.65. The Balaban J connectivity index is 2.22. The van der Waals surface area contributed by atoms with Gasteiger partial charge < -0.3 is 15.8 Å². The Bertz CT molecular complexity index is 474. The molecule has 3 nitrogen and oxygen atoms in total. The molecule has 20 heavy (non-hydrogen) atoms. The number of hydrogen-bond donors (Lipinski definition) is 2. The van der Waals surface area contributed by atoms with E-state index in [0.29, 0.717) is 5.69 Å². The van der Waals surface area contributed by atoms with Gasteiger partial charge in [-0.1, -0.05) is 19.3 Å². The van der Waals surface area contributed by atoms with Crippen LogP contribution in [0.2, 0.25) is 0 Å². The third-order valence-electron chi connectivity index (χ3n) is 3.71. The molecule has 112 valence electrons. The maximum atomic E-state index is 13.5. The molecule has 1 aliphatic carbocycles. The minimum absolute atomic E-state index is 0.147. The van der Waals surface area contributed by atoms with E-state index in [2.05, 4.69) is 17.0 Å². The summed E-state index contributed by atoms with van der Waals surface area (Å²) in [7, 11) is 0. The Morgan fingerprint density at radius 2 is 1.90 bits per heavy atom. The third kappa shape index (κ3) is 3.49. The van der Waals surface area contributed by atoms with Crippen molar-refractivity contribution in [1.29, 1.82) is 0 Å². The molecule has 1 aliphatic rings. The van der Waals surface area contributed by atoms with Gasteiger partial charge in [-0.25, -0.2) is 4.39 Å². The molecule has 0 amide bonds. The van der Waals surface area contributed by atoms with Gasteiger partial charge >= 0.3 is 6.61 Å². The summed E-state index contributed by atoms with van der Waals surface area (Å²) in [5.41, 5.74) is 6.23. The Morgan fingerprint density at radius 3 is 2.50 bits per heavy atom. The molecule has 0 aliphatic heterocycles. The van der Waals surface area contributed by atoms with Crippen molar-refractivity contribution < 1.29 is 17.9 Å². The average Bonchev–Trinajstić information content (AvgIpc) is 2.35. The Labute approximate surface area is 116 Å². The SMILES string of the molecule is CC1(Nc2cc(OC(F)F)c(F)cc2N)CCCCC1. The van der Waals surface area contributed by atoms with Crippen molar-refractivity contribution in [3.63, 3.8) is 0 Å². The molecule has 0 radical (unpaired) electrons. The van der Waals surface area contributed by atoms with Gasteiger partial charge in [0.25, 0.3) is 0 Å². The van der Waals surface area contributed by atoms with Gasteiger partial charge in [-0.15, -0.1) is 0 Å². The number of nitrogens with one attached hydrogen (secondary N) is 1. The van der Waals surface area contributed by atoms with Crippen molar-refractivity contribution in [1.82, 2.24) is 0 Å². The van der Waals surface area contributed by atoms with Gasteiger partial charge in [-0.05, 0) is 19.8 Å². The van der Waals surface area contributed by atoms with Crippen molar-refractivity contribution >= 4 is 11.4 Å². The van der Waals surface area contributed by atoms with Gasteiger partial charge in [0, 0.05) is 17.7 Å². The van der Waals surface area contributed by atoms with E-state index in [-0.39, 0.29) is 11.2 Å². The standard InChI is InChI=1S/C14H19F3N2O/c1-14(5-3-2-4-6-14)19-11-8-12(20-13(16)17)9(15)7-10(11)18/h7-8,13,19H,2-6,18H2,1H3. The van der Waals surface area contributed by atoms with Crippen LogP contribution in [-0.2, 0) is 0 Å². The van der Waals surface area contributed by atoms with Gasteiger partial charge in [-0.3, -0.25) is 0 Å². The van der Waals surface area contributed by atoms with E-state index in [9.17, 15) is 13.2 Å². The molecule has 2 rings (SSSR count). The molecule has 0 bridgehead atoms. The number of anilines is 2. The molecule has 0 saturated heterocycles. The first-order valence-electron chi connectivity index (χ1n) is 6.72. The summed E-state index contributed by atoms with van der Waals surface area (Å²) in [6.45, 7) is -1.01. The summed E-state index contributed by atoms with van der Waals surface area (Å²) >= 11 is 0. The molecule has 6 heteroatoms. The van der Waals surface area contributed by atoms with Crippen LogP contribution in [0, 0.1) is 5.82 Å². The van der Waals surface area contributed by atoms with Crippen molar-refractivity contribution in [2.24, 2.45) is 0 Å². The maximum absolute atomic E-state index is 13.5. The van der Waals surface area contributed by atoms with E-state index in [4.69, 9.17) is 5.73 Å². The fourth-order valence-corrected chi connectivity index (χ4v) is 2.65. The van der Waals surface area contributed by atoms with Crippen LogP contribution < -0.4 is 15.8 Å². The lowest BCUT2D eigenvalue weighted by Gasteiger charge is -2.36. The molecular formula is C14H19F3N2O. The Morgan fingerprint density at radius 1 is 1.25 bits per heavy atom. The molecule has 0 spiro atoms. The van der Waals surface area contributed by atoms with Gasteiger partial charge in [0.05, 0.1) is 11.4 Å². The number of alkyl halides is 2. The van der Waals surface area contributed by atoms with Gasteiger partial charge in [0.1, 0.15) is 0 Å². The molecular weight excluding hydrogens is 269 g/mol. The Hall–Kier alpha value is -1.59. The van der Waals surface area contributed by atoms with E-state index in [0.717, 1.165) is 31.7 Å². The highest BCUT2D eigenvalue weighted by Crippen LogP contribution is 2.35. The lowest BCUT2D eigenvalue weighted by atomic mass is 9.83. The summed E-state index contributed by atoms with van der Waals surface area (Å²) in [5.74, 6) is -1.38. The van der Waals surface area contributed by atoms with E-state index < -0.39 is 18.2 Å². The van der Waals surface area contributed by atoms with E-state index in [1.54, 1.807) is 0 Å². The number of ether oxygens (including phenoxy) is 1. The molecule has 1 saturated carbocycles. The number of nitrogen functional groups attached to an aromatic ring is 1. The monoisotopic (exact) mass is 288 g/mol. The van der Waals surface area contributed by atoms with Gasteiger partial charge in [0.15, 0.2) is 11.6 Å². The van der Waals surface area contributed by atoms with Crippen LogP contribution >= 0.6 is 0 Å². The molecule has 0 aromatic heterocycles. The van der Waals surface area contributed by atoms with Gasteiger partial charge in [0.2, 0.25) is 0 Å². The topological polar surface area (TPSA) is 47.3 Å². The van der Waals surface area contributed by atoms with Crippen molar-refractivity contribution in [3.8, 4) is 5.75 Å². The molecule has 0 unspecified atom stereocenters. The van der Waals surface area contributed by atoms with Crippen molar-refractivity contribution in [2.45, 2.75) is 51.2 Å². The average molecular weight is 288 g/mol. The highest BCUT2D eigenvalue weighted by atomic mass is 19.3. The first-order valence-corrected chi connectivity index (χ1v) is 6.72. The molecule has 1 fully saturated rings. The zero-order valence-corrected chi connectivity index (χ0v) is 11.4. The van der Waals surface area contributed by atoms with Crippen LogP contribution in [0.5, 0.6) is 5.75 Å². The lowest BCUT2D eigenvalue weighted by Crippen LogP contribution is -2.37. The minimum Gasteiger partial charge on any atom is -0.432 e. The fraction of sp³-hybridized carbons (Fsp3) is 0.571. The number of rotatable bonds is 4. The second kappa shape index (κ2) is 5.81. The van der Waals surface area contributed by atoms with E-state index in [1.165, 1.54) is 12.5 Å². The van der Waals surface area contributed by atoms with E-state index in [1.807, 2.05) is 0 Å². The summed E-state index contributed by atoms with van der Waals surface area (Å²) in [4.78, 5) is 0. The largest absolute Gasteiger partial charge is 0.432 e. The second-order valence-corrected chi connectivity index (χ2v) is 5.49. The van der Waals surface area contributed by atoms with Crippen LogP contribution in [-0.4, -0.2) is 12.2 Å². The quantitative estimate of drug-likeness (QED) is 0.818. The molecule has 1 aromatic carbocycles. The molecule has 0 atom stereocenters. The number of nitrogens with two attached hydrogens (primary N) is 1. The highest BCUT2D eigenvalue weighted by Gasteiger charge is 2.27. The van der Waals surface area contributed by atoms with E-state index >= 15 is 0 Å². The van der Waals surface area contributed by atoms with Crippen LogP contribution in [0.3, 0.4) is 0 Å². The summed E-state index contributed by atoms with van der Waals surface area (Å²) in [5, 5.41) is 3.25. The first kappa shape index (κ1) is 14.8. The van der Waals surface area contributed by atoms with Crippen LogP contribution in [0.25, 0.3) is 0 Å².